The van der Waals surface area contributed by atoms with E-state index in [9.17, 15) is 4.39 Å². The summed E-state index contributed by atoms with van der Waals surface area (Å²) in [6, 6.07) is 15.1. The van der Waals surface area contributed by atoms with Crippen LogP contribution < -0.4 is 4.74 Å². The van der Waals surface area contributed by atoms with Crippen LogP contribution in [0.25, 0.3) is 0 Å². The van der Waals surface area contributed by atoms with Crippen molar-refractivity contribution in [2.75, 3.05) is 0 Å². The van der Waals surface area contributed by atoms with Crippen molar-refractivity contribution in [3.8, 4) is 5.75 Å². The van der Waals surface area contributed by atoms with Crippen LogP contribution >= 0.6 is 0 Å². The normalized spacial score (nSPS) is 20.6. The minimum absolute atomic E-state index is 0.203. The van der Waals surface area contributed by atoms with Gasteiger partial charge in [0, 0.05) is 5.56 Å². The average molecular weight is 397 g/mol. The predicted octanol–water partition coefficient (Wildman–Crippen LogP) is 7.83. The van der Waals surface area contributed by atoms with Crippen molar-refractivity contribution in [2.24, 2.45) is 23.7 Å². The number of hydrogen-bond acceptors (Lipinski definition) is 1. The lowest BCUT2D eigenvalue weighted by atomic mass is 9.74. The van der Waals surface area contributed by atoms with Gasteiger partial charge in [0.1, 0.15) is 18.2 Å². The Hall–Kier alpha value is -1.83. The van der Waals surface area contributed by atoms with Crippen LogP contribution in [0.15, 0.2) is 48.5 Å². The van der Waals surface area contributed by atoms with E-state index in [1.165, 1.54) is 50.2 Å². The highest BCUT2D eigenvalue weighted by Crippen LogP contribution is 2.37. The second-order valence-corrected chi connectivity index (χ2v) is 9.39. The molecule has 0 radical (unpaired) electrons. The molecule has 2 heteroatoms. The molecule has 3 rings (SSSR count). The lowest BCUT2D eigenvalue weighted by molar-refractivity contribution is 0.200. The van der Waals surface area contributed by atoms with E-state index in [4.69, 9.17) is 4.74 Å². The second-order valence-electron chi connectivity index (χ2n) is 9.39. The first-order valence-electron chi connectivity index (χ1n) is 11.5. The number of hydrogen-bond donors (Lipinski definition) is 0. The minimum Gasteiger partial charge on any atom is -0.489 e. The summed E-state index contributed by atoms with van der Waals surface area (Å²) in [4.78, 5) is 0. The van der Waals surface area contributed by atoms with Gasteiger partial charge in [0.2, 0.25) is 0 Å². The van der Waals surface area contributed by atoms with Crippen LogP contribution in [-0.2, 0) is 13.0 Å². The van der Waals surface area contributed by atoms with Crippen molar-refractivity contribution in [3.63, 3.8) is 0 Å². The van der Waals surface area contributed by atoms with Crippen LogP contribution in [0.5, 0.6) is 5.75 Å². The standard InChI is InChI=1S/C27H37FO/c1-20(2)23-16-13-22(14-17-23)18-21(3)12-15-24-8-5-7-11-27(24)29-19-25-9-4-6-10-26(25)28/h4-11,20-23H,12-19H2,1-3H3. The van der Waals surface area contributed by atoms with Crippen LogP contribution in [0.2, 0.25) is 0 Å². The van der Waals surface area contributed by atoms with Gasteiger partial charge in [0.15, 0.2) is 0 Å². The van der Waals surface area contributed by atoms with Gasteiger partial charge in [-0.05, 0) is 73.5 Å². The Morgan fingerprint density at radius 3 is 2.24 bits per heavy atom. The van der Waals surface area contributed by atoms with Crippen molar-refractivity contribution in [1.82, 2.24) is 0 Å². The fraction of sp³-hybridized carbons (Fsp3) is 0.556. The molecule has 1 unspecified atom stereocenters. The maximum Gasteiger partial charge on any atom is 0.129 e. The number of para-hydroxylation sites is 1. The summed E-state index contributed by atoms with van der Waals surface area (Å²) in [7, 11) is 0. The van der Waals surface area contributed by atoms with E-state index in [2.05, 4.69) is 32.9 Å². The summed E-state index contributed by atoms with van der Waals surface area (Å²) in [5.41, 5.74) is 1.84. The summed E-state index contributed by atoms with van der Waals surface area (Å²) in [5.74, 6) is 4.11. The Morgan fingerprint density at radius 1 is 0.897 bits per heavy atom. The molecule has 2 aromatic carbocycles. The quantitative estimate of drug-likeness (QED) is 0.420. The molecule has 0 N–H and O–H groups in total. The third-order valence-corrected chi connectivity index (χ3v) is 6.79. The van der Waals surface area contributed by atoms with Crippen molar-refractivity contribution in [3.05, 3.63) is 65.5 Å². The van der Waals surface area contributed by atoms with E-state index in [-0.39, 0.29) is 12.4 Å². The van der Waals surface area contributed by atoms with Gasteiger partial charge in [0.05, 0.1) is 0 Å². The Balaban J connectivity index is 1.47. The van der Waals surface area contributed by atoms with Gasteiger partial charge in [-0.15, -0.1) is 0 Å². The Morgan fingerprint density at radius 2 is 1.55 bits per heavy atom. The summed E-state index contributed by atoms with van der Waals surface area (Å²) >= 11 is 0. The maximum atomic E-state index is 13.9. The van der Waals surface area contributed by atoms with Gasteiger partial charge in [-0.2, -0.15) is 0 Å². The zero-order chi connectivity index (χ0) is 20.6. The number of rotatable bonds is 9. The lowest BCUT2D eigenvalue weighted by Crippen LogP contribution is -2.20. The first-order chi connectivity index (χ1) is 14.0. The molecule has 0 spiro atoms. The molecule has 1 nitrogen and oxygen atoms in total. The molecule has 2 aromatic rings. The van der Waals surface area contributed by atoms with Crippen LogP contribution in [0.1, 0.15) is 70.4 Å². The van der Waals surface area contributed by atoms with Gasteiger partial charge in [-0.3, -0.25) is 0 Å². The molecule has 1 aliphatic carbocycles. The van der Waals surface area contributed by atoms with Crippen LogP contribution in [0, 0.1) is 29.5 Å². The lowest BCUT2D eigenvalue weighted by Gasteiger charge is -2.32. The molecule has 158 valence electrons. The first kappa shape index (κ1) is 21.9. The third-order valence-electron chi connectivity index (χ3n) is 6.79. The van der Waals surface area contributed by atoms with Gasteiger partial charge in [-0.1, -0.05) is 70.0 Å². The molecule has 0 heterocycles. The molecule has 0 aliphatic heterocycles. The van der Waals surface area contributed by atoms with Gasteiger partial charge < -0.3 is 4.74 Å². The summed E-state index contributed by atoms with van der Waals surface area (Å²) < 4.78 is 19.8. The first-order valence-corrected chi connectivity index (χ1v) is 11.5. The topological polar surface area (TPSA) is 9.23 Å². The predicted molar refractivity (Wildman–Crippen MR) is 120 cm³/mol. The number of aryl methyl sites for hydroxylation is 1. The van der Waals surface area contributed by atoms with Crippen molar-refractivity contribution < 1.29 is 9.13 Å². The Kier molecular flexibility index (Phi) is 8.15. The van der Waals surface area contributed by atoms with E-state index in [1.54, 1.807) is 12.1 Å². The molecule has 1 aliphatic rings. The SMILES string of the molecule is CC(CCc1ccccc1OCc1ccccc1F)CC1CCC(C(C)C)CC1. The summed E-state index contributed by atoms with van der Waals surface area (Å²) in [5, 5.41) is 0. The number of ether oxygens (including phenoxy) is 1. The van der Waals surface area contributed by atoms with Gasteiger partial charge in [0.25, 0.3) is 0 Å². The molecule has 1 fully saturated rings. The summed E-state index contributed by atoms with van der Waals surface area (Å²) in [6.07, 6.45) is 9.22. The fourth-order valence-electron chi connectivity index (χ4n) is 4.80. The van der Waals surface area contributed by atoms with E-state index in [0.717, 1.165) is 35.8 Å². The molecule has 0 aromatic heterocycles. The Bertz CT molecular complexity index is 746. The molecule has 29 heavy (non-hydrogen) atoms. The van der Waals surface area contributed by atoms with Crippen molar-refractivity contribution in [2.45, 2.75) is 72.3 Å². The zero-order valence-corrected chi connectivity index (χ0v) is 18.4. The van der Waals surface area contributed by atoms with Crippen molar-refractivity contribution >= 4 is 0 Å². The third kappa shape index (κ3) is 6.59. The monoisotopic (exact) mass is 396 g/mol. The average Bonchev–Trinajstić information content (AvgIpc) is 2.72. The highest BCUT2D eigenvalue weighted by atomic mass is 19.1. The Labute approximate surface area is 176 Å². The van der Waals surface area contributed by atoms with Gasteiger partial charge >= 0.3 is 0 Å². The molecular weight excluding hydrogens is 359 g/mol. The fourth-order valence-corrected chi connectivity index (χ4v) is 4.80. The van der Waals surface area contributed by atoms with E-state index in [1.807, 2.05) is 18.2 Å². The highest BCUT2D eigenvalue weighted by Gasteiger charge is 2.24. The van der Waals surface area contributed by atoms with Crippen LogP contribution in [0.3, 0.4) is 0 Å². The second kappa shape index (κ2) is 10.8. The van der Waals surface area contributed by atoms with E-state index in [0.29, 0.717) is 5.56 Å². The molecular formula is C27H37FO. The number of halogens is 1. The molecule has 0 bridgehead atoms. The van der Waals surface area contributed by atoms with Gasteiger partial charge in [-0.25, -0.2) is 4.39 Å². The molecule has 1 saturated carbocycles. The highest BCUT2D eigenvalue weighted by molar-refractivity contribution is 5.33. The van der Waals surface area contributed by atoms with E-state index >= 15 is 0 Å². The molecule has 0 amide bonds. The summed E-state index contributed by atoms with van der Waals surface area (Å²) in [6.45, 7) is 7.42. The van der Waals surface area contributed by atoms with Crippen LogP contribution in [0.4, 0.5) is 4.39 Å². The maximum absolute atomic E-state index is 13.9. The zero-order valence-electron chi connectivity index (χ0n) is 18.4. The van der Waals surface area contributed by atoms with Crippen molar-refractivity contribution in [1.29, 1.82) is 0 Å². The largest absolute Gasteiger partial charge is 0.489 e. The minimum atomic E-state index is -0.203. The smallest absolute Gasteiger partial charge is 0.129 e. The molecule has 1 atom stereocenters. The molecule has 0 saturated heterocycles. The van der Waals surface area contributed by atoms with Crippen LogP contribution in [-0.4, -0.2) is 0 Å². The number of benzene rings is 2. The van der Waals surface area contributed by atoms with E-state index < -0.39 is 0 Å².